The summed E-state index contributed by atoms with van der Waals surface area (Å²) in [4.78, 5) is 4.50. The molecule has 1 fully saturated rings. The highest BCUT2D eigenvalue weighted by Crippen LogP contribution is 2.56. The van der Waals surface area contributed by atoms with Gasteiger partial charge in [0.1, 0.15) is 0 Å². The molecule has 70 valence electrons. The van der Waals surface area contributed by atoms with E-state index >= 15 is 0 Å². The lowest BCUT2D eigenvalue weighted by Crippen LogP contribution is -2.06. The van der Waals surface area contributed by atoms with Gasteiger partial charge in [-0.1, -0.05) is 19.9 Å². The summed E-state index contributed by atoms with van der Waals surface area (Å²) >= 11 is 0. The number of hydrogen-bond acceptors (Lipinski definition) is 2. The molecule has 2 heteroatoms. The Bertz CT molecular complexity index is 331. The highest BCUT2D eigenvalue weighted by Gasteiger charge is 2.56. The number of nitrogens with two attached hydrogens (primary N) is 1. The smallest absolute Gasteiger partial charge is 0.0459 e. The molecule has 1 heterocycles. The molecule has 1 aromatic rings. The average molecular weight is 176 g/mol. The van der Waals surface area contributed by atoms with Gasteiger partial charge in [-0.2, -0.15) is 0 Å². The first-order valence-electron chi connectivity index (χ1n) is 4.72. The minimum Gasteiger partial charge on any atom is -0.327 e. The molecule has 0 spiro atoms. The first-order chi connectivity index (χ1) is 6.03. The van der Waals surface area contributed by atoms with Crippen LogP contribution in [0.4, 0.5) is 0 Å². The molecule has 0 saturated heterocycles. The molecular weight excluding hydrogens is 160 g/mol. The fourth-order valence-corrected chi connectivity index (χ4v) is 1.98. The molecule has 1 aromatic heterocycles. The summed E-state index contributed by atoms with van der Waals surface area (Å²) in [5, 5.41) is 0. The van der Waals surface area contributed by atoms with E-state index in [1.807, 2.05) is 13.0 Å². The van der Waals surface area contributed by atoms with Gasteiger partial charge in [-0.15, -0.1) is 0 Å². The zero-order valence-corrected chi connectivity index (χ0v) is 8.41. The minimum absolute atomic E-state index is 0.237. The van der Waals surface area contributed by atoms with Crippen LogP contribution in [0, 0.1) is 12.3 Å². The van der Waals surface area contributed by atoms with Crippen LogP contribution in [-0.2, 0) is 0 Å². The van der Waals surface area contributed by atoms with Crippen molar-refractivity contribution in [2.24, 2.45) is 11.1 Å². The van der Waals surface area contributed by atoms with Crippen molar-refractivity contribution in [1.82, 2.24) is 4.98 Å². The van der Waals surface area contributed by atoms with Gasteiger partial charge >= 0.3 is 0 Å². The molecule has 2 nitrogen and oxygen atoms in total. The molecule has 1 aliphatic rings. The molecule has 1 saturated carbocycles. The van der Waals surface area contributed by atoms with E-state index < -0.39 is 0 Å². The fourth-order valence-electron chi connectivity index (χ4n) is 1.98. The summed E-state index contributed by atoms with van der Waals surface area (Å²) in [6.45, 7) is 6.42. The second-order valence-corrected chi connectivity index (χ2v) is 4.53. The van der Waals surface area contributed by atoms with Crippen molar-refractivity contribution in [2.45, 2.75) is 32.7 Å². The van der Waals surface area contributed by atoms with Crippen LogP contribution in [-0.4, -0.2) is 11.0 Å². The van der Waals surface area contributed by atoms with Gasteiger partial charge in [0.05, 0.1) is 0 Å². The van der Waals surface area contributed by atoms with Crippen LogP contribution < -0.4 is 5.73 Å². The Morgan fingerprint density at radius 3 is 2.46 bits per heavy atom. The van der Waals surface area contributed by atoms with Gasteiger partial charge in [0.2, 0.25) is 0 Å². The Kier molecular flexibility index (Phi) is 1.70. The van der Waals surface area contributed by atoms with Crippen molar-refractivity contribution in [3.8, 4) is 0 Å². The number of aryl methyl sites for hydroxylation is 1. The van der Waals surface area contributed by atoms with E-state index in [1.54, 1.807) is 0 Å². The molecule has 2 rings (SSSR count). The van der Waals surface area contributed by atoms with Gasteiger partial charge in [0.25, 0.3) is 0 Å². The number of rotatable bonds is 1. The van der Waals surface area contributed by atoms with Gasteiger partial charge in [-0.05, 0) is 24.5 Å². The Hall–Kier alpha value is -0.890. The number of nitrogens with zero attached hydrogens (tertiary/aromatic N) is 1. The quantitative estimate of drug-likeness (QED) is 0.709. The second kappa shape index (κ2) is 2.55. The SMILES string of the molecule is Cc1cccc([C@@H]2[C@@H](N)C2(C)C)n1. The Labute approximate surface area is 79.2 Å². The van der Waals surface area contributed by atoms with E-state index in [1.165, 1.54) is 0 Å². The molecule has 0 aromatic carbocycles. The van der Waals surface area contributed by atoms with Crippen molar-refractivity contribution in [1.29, 1.82) is 0 Å². The van der Waals surface area contributed by atoms with Crippen LogP contribution in [0.15, 0.2) is 18.2 Å². The van der Waals surface area contributed by atoms with Gasteiger partial charge < -0.3 is 5.73 Å². The van der Waals surface area contributed by atoms with Gasteiger partial charge in [0, 0.05) is 23.3 Å². The van der Waals surface area contributed by atoms with E-state index in [0.717, 1.165) is 11.4 Å². The van der Waals surface area contributed by atoms with E-state index in [4.69, 9.17) is 5.73 Å². The normalized spacial score (nSPS) is 30.2. The maximum Gasteiger partial charge on any atom is 0.0459 e. The van der Waals surface area contributed by atoms with Crippen LogP contribution in [0.1, 0.15) is 31.2 Å². The zero-order chi connectivity index (χ0) is 9.64. The third-order valence-corrected chi connectivity index (χ3v) is 3.14. The Morgan fingerprint density at radius 1 is 1.38 bits per heavy atom. The highest BCUT2D eigenvalue weighted by molar-refractivity contribution is 5.29. The third-order valence-electron chi connectivity index (χ3n) is 3.14. The lowest BCUT2D eigenvalue weighted by Gasteiger charge is -2.02. The van der Waals surface area contributed by atoms with Gasteiger partial charge in [-0.25, -0.2) is 0 Å². The van der Waals surface area contributed by atoms with Crippen molar-refractivity contribution < 1.29 is 0 Å². The third kappa shape index (κ3) is 1.25. The molecule has 13 heavy (non-hydrogen) atoms. The molecule has 0 amide bonds. The maximum absolute atomic E-state index is 5.99. The molecule has 1 aliphatic carbocycles. The van der Waals surface area contributed by atoms with Crippen molar-refractivity contribution in [3.05, 3.63) is 29.6 Å². The van der Waals surface area contributed by atoms with E-state index in [2.05, 4.69) is 31.0 Å². The Morgan fingerprint density at radius 2 is 2.00 bits per heavy atom. The van der Waals surface area contributed by atoms with Crippen LogP contribution in [0.3, 0.4) is 0 Å². The fraction of sp³-hybridized carbons (Fsp3) is 0.545. The molecule has 0 unspecified atom stereocenters. The number of hydrogen-bond donors (Lipinski definition) is 1. The van der Waals surface area contributed by atoms with Crippen LogP contribution in [0.2, 0.25) is 0 Å². The first kappa shape index (κ1) is 8.70. The number of pyridine rings is 1. The van der Waals surface area contributed by atoms with Crippen LogP contribution in [0.25, 0.3) is 0 Å². The van der Waals surface area contributed by atoms with E-state index in [0.29, 0.717) is 5.92 Å². The summed E-state index contributed by atoms with van der Waals surface area (Å²) < 4.78 is 0. The summed E-state index contributed by atoms with van der Waals surface area (Å²) in [5.74, 6) is 0.451. The summed E-state index contributed by atoms with van der Waals surface area (Å²) in [6, 6.07) is 6.43. The Balaban J connectivity index is 2.29. The highest BCUT2D eigenvalue weighted by atomic mass is 14.9. The molecular formula is C11H16N2. The average Bonchev–Trinajstić information content (AvgIpc) is 2.51. The topological polar surface area (TPSA) is 38.9 Å². The molecule has 2 atom stereocenters. The van der Waals surface area contributed by atoms with Crippen molar-refractivity contribution in [2.75, 3.05) is 0 Å². The monoisotopic (exact) mass is 176 g/mol. The number of aromatic nitrogens is 1. The first-order valence-corrected chi connectivity index (χ1v) is 4.72. The summed E-state index contributed by atoms with van der Waals surface area (Å²) in [6.07, 6.45) is 0. The van der Waals surface area contributed by atoms with Gasteiger partial charge in [0.15, 0.2) is 0 Å². The lowest BCUT2D eigenvalue weighted by atomic mass is 10.1. The zero-order valence-electron chi connectivity index (χ0n) is 8.41. The summed E-state index contributed by atoms with van der Waals surface area (Å²) in [5.41, 5.74) is 8.45. The van der Waals surface area contributed by atoms with Crippen LogP contribution in [0.5, 0.6) is 0 Å². The van der Waals surface area contributed by atoms with Crippen LogP contribution >= 0.6 is 0 Å². The standard InChI is InChI=1S/C11H16N2/c1-7-5-4-6-8(13-7)9-10(12)11(9,2)3/h4-6,9-10H,12H2,1-3H3/t9-,10-/m1/s1. The van der Waals surface area contributed by atoms with Gasteiger partial charge in [-0.3, -0.25) is 4.98 Å². The van der Waals surface area contributed by atoms with Crippen molar-refractivity contribution >= 4 is 0 Å². The predicted molar refractivity (Wildman–Crippen MR) is 53.5 cm³/mol. The van der Waals surface area contributed by atoms with E-state index in [-0.39, 0.29) is 11.5 Å². The molecule has 2 N–H and O–H groups in total. The molecule has 0 bridgehead atoms. The lowest BCUT2D eigenvalue weighted by molar-refractivity contribution is 0.595. The maximum atomic E-state index is 5.99. The largest absolute Gasteiger partial charge is 0.327 e. The summed E-state index contributed by atoms with van der Waals surface area (Å²) in [7, 11) is 0. The second-order valence-electron chi connectivity index (χ2n) is 4.53. The molecule has 0 radical (unpaired) electrons. The van der Waals surface area contributed by atoms with E-state index in [9.17, 15) is 0 Å². The minimum atomic E-state index is 0.237. The predicted octanol–water partition coefficient (Wildman–Crippen LogP) is 1.84. The van der Waals surface area contributed by atoms with Crippen molar-refractivity contribution in [3.63, 3.8) is 0 Å². The molecule has 0 aliphatic heterocycles.